The van der Waals surface area contributed by atoms with E-state index in [9.17, 15) is 8.42 Å². The summed E-state index contributed by atoms with van der Waals surface area (Å²) in [6.45, 7) is 3.89. The molecule has 1 aromatic carbocycles. The van der Waals surface area contributed by atoms with Crippen molar-refractivity contribution in [3.8, 4) is 0 Å². The molecule has 0 aliphatic carbocycles. The highest BCUT2D eigenvalue weighted by atomic mass is 32.2. The molecule has 0 saturated carbocycles. The van der Waals surface area contributed by atoms with E-state index in [1.165, 1.54) is 4.31 Å². The van der Waals surface area contributed by atoms with Gasteiger partial charge in [0.1, 0.15) is 4.99 Å². The van der Waals surface area contributed by atoms with E-state index in [1.54, 1.807) is 24.3 Å². The summed E-state index contributed by atoms with van der Waals surface area (Å²) in [6, 6.07) is 6.81. The fourth-order valence-electron chi connectivity index (χ4n) is 2.11. The molecule has 1 aromatic rings. The number of hydrogen-bond acceptors (Lipinski definition) is 4. The van der Waals surface area contributed by atoms with E-state index in [0.717, 1.165) is 0 Å². The predicted molar refractivity (Wildman–Crippen MR) is 88.5 cm³/mol. The van der Waals surface area contributed by atoms with E-state index >= 15 is 0 Å². The SMILES string of the molecule is CC(C)N(CCCO)S(=O)(=O)Cc1ccccc1C(N)=S. The van der Waals surface area contributed by atoms with Crippen LogP contribution in [0.4, 0.5) is 0 Å². The number of nitrogens with two attached hydrogens (primary N) is 1. The maximum atomic E-state index is 12.6. The topological polar surface area (TPSA) is 83.6 Å². The summed E-state index contributed by atoms with van der Waals surface area (Å²) in [4.78, 5) is 0.187. The zero-order chi connectivity index (χ0) is 16.0. The van der Waals surface area contributed by atoms with Crippen molar-refractivity contribution in [2.45, 2.75) is 32.1 Å². The lowest BCUT2D eigenvalue weighted by atomic mass is 10.1. The summed E-state index contributed by atoms with van der Waals surface area (Å²) in [5.74, 6) is -0.149. The summed E-state index contributed by atoms with van der Waals surface area (Å²) in [5.41, 5.74) is 6.82. The molecular weight excluding hydrogens is 308 g/mol. The molecule has 0 aromatic heterocycles. The van der Waals surface area contributed by atoms with E-state index in [4.69, 9.17) is 23.1 Å². The number of sulfonamides is 1. The first-order valence-corrected chi connectivity index (χ1v) is 8.79. The molecule has 0 saturated heterocycles. The number of thiocarbonyl (C=S) groups is 1. The molecule has 118 valence electrons. The van der Waals surface area contributed by atoms with Gasteiger partial charge in [0.2, 0.25) is 10.0 Å². The Morgan fingerprint density at radius 1 is 1.38 bits per heavy atom. The molecule has 1 rings (SSSR count). The molecule has 0 aliphatic heterocycles. The summed E-state index contributed by atoms with van der Waals surface area (Å²) < 4.78 is 26.6. The Balaban J connectivity index is 3.06. The second kappa shape index (κ2) is 7.84. The van der Waals surface area contributed by atoms with Gasteiger partial charge in [0.15, 0.2) is 0 Å². The molecule has 0 amide bonds. The predicted octanol–water partition coefficient (Wildman–Crippen LogP) is 1.24. The first-order valence-electron chi connectivity index (χ1n) is 6.77. The average Bonchev–Trinajstić information content (AvgIpc) is 2.38. The van der Waals surface area contributed by atoms with Crippen LogP contribution in [-0.2, 0) is 15.8 Å². The third kappa shape index (κ3) is 5.03. The van der Waals surface area contributed by atoms with Crippen LogP contribution in [0.15, 0.2) is 24.3 Å². The van der Waals surface area contributed by atoms with Crippen molar-refractivity contribution in [3.05, 3.63) is 35.4 Å². The van der Waals surface area contributed by atoms with Gasteiger partial charge >= 0.3 is 0 Å². The van der Waals surface area contributed by atoms with Crippen LogP contribution in [-0.4, -0.2) is 42.0 Å². The molecule has 0 spiro atoms. The van der Waals surface area contributed by atoms with Crippen molar-refractivity contribution in [3.63, 3.8) is 0 Å². The second-order valence-corrected chi connectivity index (χ2v) is 7.42. The van der Waals surface area contributed by atoms with Gasteiger partial charge in [-0.1, -0.05) is 36.5 Å². The molecule has 0 aliphatic rings. The number of benzene rings is 1. The molecule has 0 bridgehead atoms. The lowest BCUT2D eigenvalue weighted by Gasteiger charge is -2.26. The summed E-state index contributed by atoms with van der Waals surface area (Å²) in [5, 5.41) is 8.91. The van der Waals surface area contributed by atoms with Gasteiger partial charge in [-0.15, -0.1) is 0 Å². The first kappa shape index (κ1) is 18.0. The second-order valence-electron chi connectivity index (χ2n) is 5.06. The van der Waals surface area contributed by atoms with Crippen LogP contribution in [0.25, 0.3) is 0 Å². The highest BCUT2D eigenvalue weighted by Gasteiger charge is 2.25. The van der Waals surface area contributed by atoms with Crippen molar-refractivity contribution < 1.29 is 13.5 Å². The minimum absolute atomic E-state index is 0.0395. The largest absolute Gasteiger partial charge is 0.396 e. The molecule has 0 atom stereocenters. The normalized spacial score (nSPS) is 12.0. The molecule has 3 N–H and O–H groups in total. The van der Waals surface area contributed by atoms with Gasteiger partial charge in [-0.05, 0) is 25.8 Å². The lowest BCUT2D eigenvalue weighted by molar-refractivity contribution is 0.258. The smallest absolute Gasteiger partial charge is 0.218 e. The Morgan fingerprint density at radius 3 is 2.52 bits per heavy atom. The molecule has 0 fully saturated rings. The standard InChI is InChI=1S/C14H22N2O3S2/c1-11(2)16(8-5-9-17)21(18,19)10-12-6-3-4-7-13(12)14(15)20/h3-4,6-7,11,17H,5,8-10H2,1-2H3,(H2,15,20). The van der Waals surface area contributed by atoms with E-state index in [0.29, 0.717) is 24.1 Å². The van der Waals surface area contributed by atoms with Crippen LogP contribution < -0.4 is 5.73 Å². The van der Waals surface area contributed by atoms with Gasteiger partial charge in [-0.3, -0.25) is 0 Å². The van der Waals surface area contributed by atoms with Crippen LogP contribution in [0.5, 0.6) is 0 Å². The fraction of sp³-hybridized carbons (Fsp3) is 0.500. The molecule has 21 heavy (non-hydrogen) atoms. The Kier molecular flexibility index (Phi) is 6.73. The van der Waals surface area contributed by atoms with Crippen molar-refractivity contribution in [2.75, 3.05) is 13.2 Å². The third-order valence-corrected chi connectivity index (χ3v) is 5.31. The van der Waals surface area contributed by atoms with E-state index < -0.39 is 10.0 Å². The quantitative estimate of drug-likeness (QED) is 0.701. The lowest BCUT2D eigenvalue weighted by Crippen LogP contribution is -2.39. The Bertz CT molecular complexity index is 586. The molecule has 0 unspecified atom stereocenters. The first-order chi connectivity index (χ1) is 9.79. The molecule has 0 radical (unpaired) electrons. The zero-order valence-electron chi connectivity index (χ0n) is 12.3. The van der Waals surface area contributed by atoms with E-state index in [2.05, 4.69) is 0 Å². The Hall–Kier alpha value is -1.02. The van der Waals surface area contributed by atoms with Crippen LogP contribution in [0.3, 0.4) is 0 Å². The number of hydrogen-bond donors (Lipinski definition) is 2. The Labute approximate surface area is 131 Å². The summed E-state index contributed by atoms with van der Waals surface area (Å²) >= 11 is 4.96. The monoisotopic (exact) mass is 330 g/mol. The van der Waals surface area contributed by atoms with Gasteiger partial charge in [0, 0.05) is 24.8 Å². The van der Waals surface area contributed by atoms with E-state index in [-0.39, 0.29) is 23.4 Å². The summed E-state index contributed by atoms with van der Waals surface area (Å²) in [7, 11) is -3.50. The highest BCUT2D eigenvalue weighted by Crippen LogP contribution is 2.17. The number of aliphatic hydroxyl groups is 1. The van der Waals surface area contributed by atoms with Crippen molar-refractivity contribution in [1.29, 1.82) is 0 Å². The maximum absolute atomic E-state index is 12.6. The van der Waals surface area contributed by atoms with Crippen molar-refractivity contribution in [2.24, 2.45) is 5.73 Å². The van der Waals surface area contributed by atoms with Gasteiger partial charge < -0.3 is 10.8 Å². The third-order valence-electron chi connectivity index (χ3n) is 3.09. The van der Waals surface area contributed by atoms with Crippen molar-refractivity contribution in [1.82, 2.24) is 4.31 Å². The Morgan fingerprint density at radius 2 is 2.00 bits per heavy atom. The van der Waals surface area contributed by atoms with Crippen LogP contribution in [0, 0.1) is 0 Å². The van der Waals surface area contributed by atoms with Crippen LogP contribution in [0.2, 0.25) is 0 Å². The molecule has 7 heteroatoms. The summed E-state index contributed by atoms with van der Waals surface area (Å²) in [6.07, 6.45) is 0.411. The maximum Gasteiger partial charge on any atom is 0.218 e. The van der Waals surface area contributed by atoms with Gasteiger partial charge in [0.05, 0.1) is 5.75 Å². The zero-order valence-corrected chi connectivity index (χ0v) is 14.0. The van der Waals surface area contributed by atoms with Gasteiger partial charge in [-0.25, -0.2) is 8.42 Å². The van der Waals surface area contributed by atoms with Gasteiger partial charge in [-0.2, -0.15) is 4.31 Å². The van der Waals surface area contributed by atoms with Crippen molar-refractivity contribution >= 4 is 27.2 Å². The highest BCUT2D eigenvalue weighted by molar-refractivity contribution is 7.88. The van der Waals surface area contributed by atoms with Gasteiger partial charge in [0.25, 0.3) is 0 Å². The molecule has 0 heterocycles. The fourth-order valence-corrected chi connectivity index (χ4v) is 4.17. The number of aliphatic hydroxyl groups excluding tert-OH is 1. The minimum Gasteiger partial charge on any atom is -0.396 e. The molecule has 5 nitrogen and oxygen atoms in total. The van der Waals surface area contributed by atoms with E-state index in [1.807, 2.05) is 13.8 Å². The van der Waals surface area contributed by atoms with Crippen LogP contribution >= 0.6 is 12.2 Å². The number of rotatable bonds is 8. The van der Waals surface area contributed by atoms with Crippen LogP contribution in [0.1, 0.15) is 31.4 Å². The molecular formula is C14H22N2O3S2. The minimum atomic E-state index is -3.50. The average molecular weight is 330 g/mol. The number of nitrogens with zero attached hydrogens (tertiary/aromatic N) is 1.